The number of ether oxygens (including phenoxy) is 1. The second kappa shape index (κ2) is 9.70. The number of nitrogens with zero attached hydrogens (tertiary/aromatic N) is 1. The van der Waals surface area contributed by atoms with Crippen molar-refractivity contribution in [3.63, 3.8) is 0 Å². The molecule has 1 unspecified atom stereocenters. The van der Waals surface area contributed by atoms with Crippen LogP contribution in [0.1, 0.15) is 27.2 Å². The van der Waals surface area contributed by atoms with Crippen LogP contribution in [0.15, 0.2) is 0 Å². The first-order valence-corrected chi connectivity index (χ1v) is 6.40. The molecule has 6 heteroatoms. The molecule has 18 heavy (non-hydrogen) atoms. The van der Waals surface area contributed by atoms with Crippen molar-refractivity contribution in [1.82, 2.24) is 10.2 Å². The van der Waals surface area contributed by atoms with Crippen molar-refractivity contribution >= 4 is 12.0 Å². The van der Waals surface area contributed by atoms with E-state index in [1.165, 1.54) is 0 Å². The predicted molar refractivity (Wildman–Crippen MR) is 68.6 cm³/mol. The molecule has 0 rings (SSSR count). The van der Waals surface area contributed by atoms with Gasteiger partial charge >= 0.3 is 12.0 Å². The van der Waals surface area contributed by atoms with Gasteiger partial charge in [0.15, 0.2) is 0 Å². The van der Waals surface area contributed by atoms with E-state index in [4.69, 9.17) is 9.84 Å². The zero-order valence-electron chi connectivity index (χ0n) is 11.4. The number of carbonyl (C=O) groups is 2. The molecule has 106 valence electrons. The van der Waals surface area contributed by atoms with Gasteiger partial charge in [0.1, 0.15) is 0 Å². The van der Waals surface area contributed by atoms with Gasteiger partial charge in [-0.05, 0) is 20.3 Å². The molecule has 1 atom stereocenters. The van der Waals surface area contributed by atoms with Gasteiger partial charge in [-0.3, -0.25) is 4.79 Å². The largest absolute Gasteiger partial charge is 0.481 e. The highest BCUT2D eigenvalue weighted by Crippen LogP contribution is 2.01. The summed E-state index contributed by atoms with van der Waals surface area (Å²) < 4.78 is 5.19. The van der Waals surface area contributed by atoms with Gasteiger partial charge in [-0.15, -0.1) is 0 Å². The summed E-state index contributed by atoms with van der Waals surface area (Å²) in [6, 6.07) is -0.239. The van der Waals surface area contributed by atoms with Gasteiger partial charge in [-0.1, -0.05) is 6.92 Å². The van der Waals surface area contributed by atoms with Crippen molar-refractivity contribution in [2.75, 3.05) is 32.8 Å². The second-order valence-electron chi connectivity index (χ2n) is 3.91. The Balaban J connectivity index is 4.06. The summed E-state index contributed by atoms with van der Waals surface area (Å²) in [5, 5.41) is 11.5. The van der Waals surface area contributed by atoms with E-state index in [0.717, 1.165) is 0 Å². The first-order chi connectivity index (χ1) is 8.56. The quantitative estimate of drug-likeness (QED) is 0.610. The van der Waals surface area contributed by atoms with Crippen LogP contribution in [0.3, 0.4) is 0 Å². The van der Waals surface area contributed by atoms with E-state index >= 15 is 0 Å². The molecule has 0 aromatic rings. The minimum absolute atomic E-state index is 0.163. The molecular weight excluding hydrogens is 236 g/mol. The Morgan fingerprint density at radius 1 is 1.33 bits per heavy atom. The van der Waals surface area contributed by atoms with Gasteiger partial charge < -0.3 is 20.1 Å². The molecule has 0 aromatic heterocycles. The molecule has 0 spiro atoms. The monoisotopic (exact) mass is 260 g/mol. The van der Waals surface area contributed by atoms with E-state index in [-0.39, 0.29) is 12.6 Å². The number of carbonyl (C=O) groups excluding carboxylic acids is 1. The molecule has 2 amide bonds. The van der Waals surface area contributed by atoms with Gasteiger partial charge in [0.05, 0.1) is 12.5 Å². The fourth-order valence-corrected chi connectivity index (χ4v) is 1.45. The lowest BCUT2D eigenvalue weighted by atomic mass is 10.1. The maximum atomic E-state index is 11.8. The summed E-state index contributed by atoms with van der Waals surface area (Å²) in [6.45, 7) is 7.93. The molecule has 0 bridgehead atoms. The highest BCUT2D eigenvalue weighted by Gasteiger charge is 2.17. The predicted octanol–water partition coefficient (Wildman–Crippen LogP) is 1.17. The number of amides is 2. The van der Waals surface area contributed by atoms with E-state index in [9.17, 15) is 9.59 Å². The average Bonchev–Trinajstić information content (AvgIpc) is 2.34. The topological polar surface area (TPSA) is 78.9 Å². The van der Waals surface area contributed by atoms with Gasteiger partial charge in [0, 0.05) is 26.2 Å². The van der Waals surface area contributed by atoms with Crippen LogP contribution in [0.2, 0.25) is 0 Å². The number of aliphatic carboxylic acids is 1. The number of hydrogen-bond acceptors (Lipinski definition) is 3. The molecule has 0 aliphatic rings. The zero-order chi connectivity index (χ0) is 14.0. The molecule has 0 fully saturated rings. The molecule has 2 N–H and O–H groups in total. The van der Waals surface area contributed by atoms with Crippen molar-refractivity contribution in [2.24, 2.45) is 5.92 Å². The molecule has 0 saturated heterocycles. The molecule has 0 aliphatic carbocycles. The molecule has 6 nitrogen and oxygen atoms in total. The minimum Gasteiger partial charge on any atom is -0.481 e. The lowest BCUT2D eigenvalue weighted by Gasteiger charge is -2.22. The number of rotatable bonds is 9. The Labute approximate surface area is 108 Å². The third kappa shape index (κ3) is 6.44. The van der Waals surface area contributed by atoms with E-state index in [1.54, 1.807) is 11.8 Å². The first-order valence-electron chi connectivity index (χ1n) is 6.40. The highest BCUT2D eigenvalue weighted by atomic mass is 16.5. The fraction of sp³-hybridized carbons (Fsp3) is 0.833. The second-order valence-corrected chi connectivity index (χ2v) is 3.91. The number of carboxylic acids is 1. The first kappa shape index (κ1) is 16.7. The number of likely N-dealkylation sites (N-methyl/N-ethyl adjacent to an activating group) is 1. The van der Waals surface area contributed by atoms with E-state index in [1.807, 2.05) is 13.8 Å². The lowest BCUT2D eigenvalue weighted by molar-refractivity contribution is -0.141. The summed E-state index contributed by atoms with van der Waals surface area (Å²) in [4.78, 5) is 24.2. The van der Waals surface area contributed by atoms with Crippen LogP contribution in [0.4, 0.5) is 4.79 Å². The lowest BCUT2D eigenvalue weighted by Crippen LogP contribution is -2.44. The summed E-state index contributed by atoms with van der Waals surface area (Å²) >= 11 is 0. The molecule has 0 radical (unpaired) electrons. The van der Waals surface area contributed by atoms with Crippen molar-refractivity contribution < 1.29 is 19.4 Å². The fourth-order valence-electron chi connectivity index (χ4n) is 1.45. The Morgan fingerprint density at radius 2 is 2.00 bits per heavy atom. The number of nitrogens with one attached hydrogen (secondary N) is 1. The van der Waals surface area contributed by atoms with Crippen molar-refractivity contribution in [1.29, 1.82) is 0 Å². The molecule has 0 heterocycles. The van der Waals surface area contributed by atoms with Crippen LogP contribution in [-0.2, 0) is 9.53 Å². The van der Waals surface area contributed by atoms with Crippen LogP contribution >= 0.6 is 0 Å². The number of hydrogen-bond donors (Lipinski definition) is 2. The van der Waals surface area contributed by atoms with Crippen LogP contribution < -0.4 is 5.32 Å². The summed E-state index contributed by atoms with van der Waals surface area (Å²) in [5.74, 6) is -1.41. The SMILES string of the molecule is CCOCCN(CC)C(=O)NCC(CC)C(=O)O. The van der Waals surface area contributed by atoms with Crippen LogP contribution in [-0.4, -0.2) is 54.9 Å². The maximum absolute atomic E-state index is 11.8. The Bertz CT molecular complexity index is 258. The van der Waals surface area contributed by atoms with Gasteiger partial charge in [-0.2, -0.15) is 0 Å². The normalized spacial score (nSPS) is 11.9. The number of urea groups is 1. The van der Waals surface area contributed by atoms with Gasteiger partial charge in [0.25, 0.3) is 0 Å². The molecular formula is C12H24N2O4. The van der Waals surface area contributed by atoms with E-state index < -0.39 is 11.9 Å². The molecule has 0 aliphatic heterocycles. The summed E-state index contributed by atoms with van der Waals surface area (Å²) in [7, 11) is 0. The van der Waals surface area contributed by atoms with Crippen molar-refractivity contribution in [3.8, 4) is 0 Å². The van der Waals surface area contributed by atoms with E-state index in [0.29, 0.717) is 32.7 Å². The third-order valence-electron chi connectivity index (χ3n) is 2.72. The summed E-state index contributed by atoms with van der Waals surface area (Å²) in [5.41, 5.74) is 0. The minimum atomic E-state index is -0.879. The van der Waals surface area contributed by atoms with Gasteiger partial charge in [0.2, 0.25) is 0 Å². The number of carboxylic acid groups (broad SMARTS) is 1. The highest BCUT2D eigenvalue weighted by molar-refractivity contribution is 5.76. The van der Waals surface area contributed by atoms with Crippen molar-refractivity contribution in [2.45, 2.75) is 27.2 Å². The molecule has 0 saturated carbocycles. The van der Waals surface area contributed by atoms with Crippen molar-refractivity contribution in [3.05, 3.63) is 0 Å². The maximum Gasteiger partial charge on any atom is 0.317 e. The Hall–Kier alpha value is -1.30. The van der Waals surface area contributed by atoms with Crippen LogP contribution in [0.25, 0.3) is 0 Å². The Morgan fingerprint density at radius 3 is 2.44 bits per heavy atom. The molecule has 0 aromatic carbocycles. The van der Waals surface area contributed by atoms with Crippen LogP contribution in [0, 0.1) is 5.92 Å². The van der Waals surface area contributed by atoms with Crippen LogP contribution in [0.5, 0.6) is 0 Å². The third-order valence-corrected chi connectivity index (χ3v) is 2.72. The Kier molecular flexibility index (Phi) is 9.00. The smallest absolute Gasteiger partial charge is 0.317 e. The standard InChI is InChI=1S/C12H24N2O4/c1-4-10(11(15)16)9-13-12(17)14(5-2)7-8-18-6-3/h10H,4-9H2,1-3H3,(H,13,17)(H,15,16). The summed E-state index contributed by atoms with van der Waals surface area (Å²) in [6.07, 6.45) is 0.501. The average molecular weight is 260 g/mol. The van der Waals surface area contributed by atoms with Gasteiger partial charge in [-0.25, -0.2) is 4.79 Å². The van der Waals surface area contributed by atoms with E-state index in [2.05, 4.69) is 5.32 Å². The zero-order valence-corrected chi connectivity index (χ0v) is 11.4.